The van der Waals surface area contributed by atoms with Gasteiger partial charge in [-0.05, 0) is 49.2 Å². The smallest absolute Gasteiger partial charge is 0.123 e. The van der Waals surface area contributed by atoms with E-state index in [0.29, 0.717) is 6.04 Å². The van der Waals surface area contributed by atoms with Crippen molar-refractivity contribution in [1.29, 1.82) is 0 Å². The van der Waals surface area contributed by atoms with E-state index in [1.807, 2.05) is 0 Å². The summed E-state index contributed by atoms with van der Waals surface area (Å²) in [6.45, 7) is 4.07. The van der Waals surface area contributed by atoms with Crippen LogP contribution in [-0.2, 0) is 6.42 Å². The van der Waals surface area contributed by atoms with Crippen molar-refractivity contribution in [2.24, 2.45) is 0 Å². The van der Waals surface area contributed by atoms with E-state index in [0.717, 1.165) is 25.2 Å². The molecule has 3 heteroatoms. The fourth-order valence-corrected chi connectivity index (χ4v) is 2.86. The van der Waals surface area contributed by atoms with Crippen LogP contribution in [0, 0.1) is 5.82 Å². The fourth-order valence-electron chi connectivity index (χ4n) is 2.86. The van der Waals surface area contributed by atoms with Crippen molar-refractivity contribution in [3.8, 4) is 0 Å². The molecular formula is C17H19FN2. The monoisotopic (exact) mass is 270 g/mol. The van der Waals surface area contributed by atoms with Gasteiger partial charge in [-0.3, -0.25) is 0 Å². The zero-order valence-corrected chi connectivity index (χ0v) is 11.6. The number of rotatable bonds is 4. The van der Waals surface area contributed by atoms with Gasteiger partial charge in [0.25, 0.3) is 0 Å². The van der Waals surface area contributed by atoms with E-state index >= 15 is 0 Å². The Hall–Kier alpha value is -2.03. The molecule has 20 heavy (non-hydrogen) atoms. The second-order valence-corrected chi connectivity index (χ2v) is 5.31. The number of nitrogens with one attached hydrogen (secondary N) is 1. The summed E-state index contributed by atoms with van der Waals surface area (Å²) in [6.07, 6.45) is 1.12. The van der Waals surface area contributed by atoms with E-state index in [1.165, 1.54) is 23.4 Å². The molecule has 1 aliphatic heterocycles. The normalized spacial score (nSPS) is 17.1. The molecule has 0 aliphatic carbocycles. The third kappa shape index (κ3) is 2.62. The molecule has 3 rings (SSSR count). The van der Waals surface area contributed by atoms with Gasteiger partial charge in [-0.2, -0.15) is 0 Å². The first kappa shape index (κ1) is 13.0. The van der Waals surface area contributed by atoms with Crippen molar-refractivity contribution >= 4 is 11.4 Å². The Labute approximate surface area is 119 Å². The summed E-state index contributed by atoms with van der Waals surface area (Å²) in [4.78, 5) is 2.44. The van der Waals surface area contributed by atoms with Crippen molar-refractivity contribution in [3.05, 3.63) is 59.9 Å². The molecule has 0 bridgehead atoms. The molecule has 2 aromatic rings. The first-order valence-electron chi connectivity index (χ1n) is 7.08. The zero-order valence-electron chi connectivity index (χ0n) is 11.6. The van der Waals surface area contributed by atoms with Crippen molar-refractivity contribution < 1.29 is 4.39 Å². The highest BCUT2D eigenvalue weighted by Crippen LogP contribution is 2.31. The molecule has 104 valence electrons. The Morgan fingerprint density at radius 2 is 1.90 bits per heavy atom. The minimum absolute atomic E-state index is 0.197. The summed E-state index contributed by atoms with van der Waals surface area (Å²) in [5, 5.41) is 3.34. The van der Waals surface area contributed by atoms with Crippen LogP contribution in [0.1, 0.15) is 12.5 Å². The molecule has 0 spiro atoms. The third-order valence-electron chi connectivity index (χ3n) is 3.87. The molecule has 0 radical (unpaired) electrons. The molecule has 0 saturated carbocycles. The van der Waals surface area contributed by atoms with Gasteiger partial charge in [0.15, 0.2) is 0 Å². The molecular weight excluding hydrogens is 251 g/mol. The Morgan fingerprint density at radius 1 is 1.15 bits per heavy atom. The molecule has 1 N–H and O–H groups in total. The van der Waals surface area contributed by atoms with Crippen molar-refractivity contribution in [1.82, 2.24) is 0 Å². The first-order chi connectivity index (χ1) is 9.74. The average molecular weight is 270 g/mol. The van der Waals surface area contributed by atoms with E-state index in [-0.39, 0.29) is 5.82 Å². The minimum atomic E-state index is -0.197. The van der Waals surface area contributed by atoms with Gasteiger partial charge in [0.1, 0.15) is 5.82 Å². The number of anilines is 2. The molecule has 1 aliphatic rings. The number of fused-ring (bicyclic) bond motifs is 1. The molecule has 0 fully saturated rings. The SMILES string of the molecule is CC1Cc2ccccc2N1CCNc1ccc(F)cc1. The lowest BCUT2D eigenvalue weighted by molar-refractivity contribution is 0.628. The Bertz CT molecular complexity index is 580. The van der Waals surface area contributed by atoms with Gasteiger partial charge in [-0.15, -0.1) is 0 Å². The first-order valence-corrected chi connectivity index (χ1v) is 7.08. The van der Waals surface area contributed by atoms with E-state index in [4.69, 9.17) is 0 Å². The van der Waals surface area contributed by atoms with E-state index in [9.17, 15) is 4.39 Å². The van der Waals surface area contributed by atoms with Gasteiger partial charge >= 0.3 is 0 Å². The predicted molar refractivity (Wildman–Crippen MR) is 81.8 cm³/mol. The number of nitrogens with zero attached hydrogens (tertiary/aromatic N) is 1. The standard InChI is InChI=1S/C17H19FN2/c1-13-12-14-4-2-3-5-17(14)20(13)11-10-19-16-8-6-15(18)7-9-16/h2-9,13,19H,10-12H2,1H3. The van der Waals surface area contributed by atoms with Crippen LogP contribution < -0.4 is 10.2 Å². The predicted octanol–water partition coefficient (Wildman–Crippen LogP) is 3.69. The Balaban J connectivity index is 1.60. The van der Waals surface area contributed by atoms with Gasteiger partial charge < -0.3 is 10.2 Å². The maximum absolute atomic E-state index is 12.8. The van der Waals surface area contributed by atoms with Crippen LogP contribution >= 0.6 is 0 Å². The second-order valence-electron chi connectivity index (χ2n) is 5.31. The Morgan fingerprint density at radius 3 is 2.70 bits per heavy atom. The summed E-state index contributed by atoms with van der Waals surface area (Å²) in [5.41, 5.74) is 3.74. The van der Waals surface area contributed by atoms with Gasteiger partial charge in [0, 0.05) is 30.5 Å². The van der Waals surface area contributed by atoms with Crippen LogP contribution in [0.5, 0.6) is 0 Å². The van der Waals surface area contributed by atoms with E-state index < -0.39 is 0 Å². The Kier molecular flexibility index (Phi) is 3.59. The van der Waals surface area contributed by atoms with Crippen LogP contribution in [0.4, 0.5) is 15.8 Å². The fraction of sp³-hybridized carbons (Fsp3) is 0.294. The molecule has 1 unspecified atom stereocenters. The molecule has 0 amide bonds. The number of halogens is 1. The largest absolute Gasteiger partial charge is 0.383 e. The molecule has 0 aromatic heterocycles. The minimum Gasteiger partial charge on any atom is -0.383 e. The number of benzene rings is 2. The second kappa shape index (κ2) is 5.53. The highest BCUT2D eigenvalue weighted by atomic mass is 19.1. The molecule has 0 saturated heterocycles. The number of hydrogen-bond donors (Lipinski definition) is 1. The van der Waals surface area contributed by atoms with E-state index in [1.54, 1.807) is 12.1 Å². The maximum atomic E-state index is 12.8. The topological polar surface area (TPSA) is 15.3 Å². The van der Waals surface area contributed by atoms with Crippen LogP contribution in [-0.4, -0.2) is 19.1 Å². The van der Waals surface area contributed by atoms with Crippen LogP contribution in [0.25, 0.3) is 0 Å². The van der Waals surface area contributed by atoms with E-state index in [2.05, 4.69) is 41.4 Å². The zero-order chi connectivity index (χ0) is 13.9. The lowest BCUT2D eigenvalue weighted by Gasteiger charge is -2.25. The molecule has 1 heterocycles. The lowest BCUT2D eigenvalue weighted by atomic mass is 10.1. The quantitative estimate of drug-likeness (QED) is 0.911. The third-order valence-corrected chi connectivity index (χ3v) is 3.87. The van der Waals surface area contributed by atoms with Crippen molar-refractivity contribution in [3.63, 3.8) is 0 Å². The summed E-state index contributed by atoms with van der Waals surface area (Å²) in [5.74, 6) is -0.197. The number of para-hydroxylation sites is 1. The van der Waals surface area contributed by atoms with Gasteiger partial charge in [-0.1, -0.05) is 18.2 Å². The van der Waals surface area contributed by atoms with Crippen LogP contribution in [0.15, 0.2) is 48.5 Å². The molecule has 2 nitrogen and oxygen atoms in total. The summed E-state index contributed by atoms with van der Waals surface area (Å²) in [7, 11) is 0. The summed E-state index contributed by atoms with van der Waals surface area (Å²) < 4.78 is 12.8. The maximum Gasteiger partial charge on any atom is 0.123 e. The molecule has 2 aromatic carbocycles. The van der Waals surface area contributed by atoms with Crippen LogP contribution in [0.3, 0.4) is 0 Å². The van der Waals surface area contributed by atoms with Gasteiger partial charge in [0.05, 0.1) is 0 Å². The number of hydrogen-bond acceptors (Lipinski definition) is 2. The van der Waals surface area contributed by atoms with Crippen LogP contribution in [0.2, 0.25) is 0 Å². The summed E-state index contributed by atoms with van der Waals surface area (Å²) >= 11 is 0. The molecule has 1 atom stereocenters. The average Bonchev–Trinajstić information content (AvgIpc) is 2.77. The highest BCUT2D eigenvalue weighted by molar-refractivity contribution is 5.59. The van der Waals surface area contributed by atoms with Crippen molar-refractivity contribution in [2.45, 2.75) is 19.4 Å². The highest BCUT2D eigenvalue weighted by Gasteiger charge is 2.24. The van der Waals surface area contributed by atoms with Crippen molar-refractivity contribution in [2.75, 3.05) is 23.3 Å². The van der Waals surface area contributed by atoms with Gasteiger partial charge in [-0.25, -0.2) is 4.39 Å². The summed E-state index contributed by atoms with van der Waals surface area (Å²) in [6, 6.07) is 15.7. The van der Waals surface area contributed by atoms with Gasteiger partial charge in [0.2, 0.25) is 0 Å². The lowest BCUT2D eigenvalue weighted by Crippen LogP contribution is -2.33.